The number of rotatable bonds is 5. The Labute approximate surface area is 131 Å². The lowest BCUT2D eigenvalue weighted by Gasteiger charge is -2.06. The smallest absolute Gasteiger partial charge is 0.348 e. The lowest BCUT2D eigenvalue weighted by Crippen LogP contribution is -2.21. The van der Waals surface area contributed by atoms with Crippen LogP contribution < -0.4 is 10.6 Å². The Bertz CT molecular complexity index is 665. The lowest BCUT2D eigenvalue weighted by atomic mass is 10.2. The van der Waals surface area contributed by atoms with Gasteiger partial charge in [0, 0.05) is 18.3 Å². The van der Waals surface area contributed by atoms with E-state index in [2.05, 4.69) is 10.6 Å². The molecule has 2 aromatic rings. The van der Waals surface area contributed by atoms with Gasteiger partial charge in [-0.3, -0.25) is 9.59 Å². The van der Waals surface area contributed by atoms with Gasteiger partial charge in [0.05, 0.1) is 0 Å². The summed E-state index contributed by atoms with van der Waals surface area (Å²) in [5, 5.41) is 6.84. The molecule has 0 bridgehead atoms. The SMILES string of the molecule is CNC(=O)c1ccc(NC(=O)COC(=O)c2cccs2)cc1. The fourth-order valence-corrected chi connectivity index (χ4v) is 2.26. The number of ether oxygens (including phenoxy) is 1. The predicted molar refractivity (Wildman–Crippen MR) is 83.1 cm³/mol. The fraction of sp³-hybridized carbons (Fsp3) is 0.133. The van der Waals surface area contributed by atoms with E-state index in [-0.39, 0.29) is 12.5 Å². The number of esters is 1. The van der Waals surface area contributed by atoms with Crippen LogP contribution in [0, 0.1) is 0 Å². The normalized spacial score (nSPS) is 9.86. The van der Waals surface area contributed by atoms with Gasteiger partial charge in [-0.1, -0.05) is 6.07 Å². The van der Waals surface area contributed by atoms with E-state index in [1.807, 2.05) is 0 Å². The second-order valence-corrected chi connectivity index (χ2v) is 5.21. The molecule has 22 heavy (non-hydrogen) atoms. The summed E-state index contributed by atoms with van der Waals surface area (Å²) >= 11 is 1.25. The number of anilines is 1. The van der Waals surface area contributed by atoms with Crippen LogP contribution in [0.5, 0.6) is 0 Å². The molecule has 1 aromatic carbocycles. The van der Waals surface area contributed by atoms with Gasteiger partial charge in [0.15, 0.2) is 6.61 Å². The molecule has 0 radical (unpaired) electrons. The molecule has 6 nitrogen and oxygen atoms in total. The summed E-state index contributed by atoms with van der Waals surface area (Å²) in [6, 6.07) is 9.74. The van der Waals surface area contributed by atoms with E-state index in [0.29, 0.717) is 16.1 Å². The van der Waals surface area contributed by atoms with E-state index in [1.54, 1.807) is 48.8 Å². The van der Waals surface area contributed by atoms with Gasteiger partial charge in [-0.05, 0) is 35.7 Å². The Kier molecular flexibility index (Phi) is 5.26. The van der Waals surface area contributed by atoms with E-state index in [4.69, 9.17) is 4.74 Å². The van der Waals surface area contributed by atoms with Crippen LogP contribution in [0.15, 0.2) is 41.8 Å². The quantitative estimate of drug-likeness (QED) is 0.825. The highest BCUT2D eigenvalue weighted by molar-refractivity contribution is 7.11. The molecule has 0 atom stereocenters. The van der Waals surface area contributed by atoms with Gasteiger partial charge < -0.3 is 15.4 Å². The monoisotopic (exact) mass is 318 g/mol. The third-order valence-corrected chi connectivity index (χ3v) is 3.56. The van der Waals surface area contributed by atoms with Crippen molar-refractivity contribution in [3.05, 3.63) is 52.2 Å². The first-order valence-electron chi connectivity index (χ1n) is 6.43. The maximum atomic E-state index is 11.7. The van der Waals surface area contributed by atoms with Crippen LogP contribution in [0.4, 0.5) is 5.69 Å². The van der Waals surface area contributed by atoms with Crippen molar-refractivity contribution in [2.45, 2.75) is 0 Å². The highest BCUT2D eigenvalue weighted by Gasteiger charge is 2.11. The summed E-state index contributed by atoms with van der Waals surface area (Å²) in [7, 11) is 1.54. The van der Waals surface area contributed by atoms with Crippen molar-refractivity contribution in [1.29, 1.82) is 0 Å². The second-order valence-electron chi connectivity index (χ2n) is 4.26. The first-order chi connectivity index (χ1) is 10.6. The topological polar surface area (TPSA) is 84.5 Å². The van der Waals surface area contributed by atoms with Crippen molar-refractivity contribution >= 4 is 34.8 Å². The van der Waals surface area contributed by atoms with E-state index >= 15 is 0 Å². The average molecular weight is 318 g/mol. The molecule has 114 valence electrons. The van der Waals surface area contributed by atoms with Gasteiger partial charge in [-0.25, -0.2) is 4.79 Å². The van der Waals surface area contributed by atoms with Crippen molar-refractivity contribution in [3.8, 4) is 0 Å². The first-order valence-corrected chi connectivity index (χ1v) is 7.30. The molecule has 0 saturated carbocycles. The van der Waals surface area contributed by atoms with Crippen molar-refractivity contribution < 1.29 is 19.1 Å². The van der Waals surface area contributed by atoms with Crippen molar-refractivity contribution in [2.75, 3.05) is 19.0 Å². The summed E-state index contributed by atoms with van der Waals surface area (Å²) in [5.41, 5.74) is 1.01. The van der Waals surface area contributed by atoms with Gasteiger partial charge in [0.2, 0.25) is 0 Å². The number of nitrogens with one attached hydrogen (secondary N) is 2. The maximum absolute atomic E-state index is 11.7. The molecule has 2 amide bonds. The molecular weight excluding hydrogens is 304 g/mol. The Morgan fingerprint density at radius 2 is 1.86 bits per heavy atom. The summed E-state index contributed by atoms with van der Waals surface area (Å²) in [6.07, 6.45) is 0. The number of hydrogen-bond acceptors (Lipinski definition) is 5. The standard InChI is InChI=1S/C15H14N2O4S/c1-16-14(19)10-4-6-11(7-5-10)17-13(18)9-21-15(20)12-3-2-8-22-12/h2-8H,9H2,1H3,(H,16,19)(H,17,18). The largest absolute Gasteiger partial charge is 0.451 e. The summed E-state index contributed by atoms with van der Waals surface area (Å²) in [6.45, 7) is -0.367. The summed E-state index contributed by atoms with van der Waals surface area (Å²) in [4.78, 5) is 35.1. The van der Waals surface area contributed by atoms with Gasteiger partial charge in [0.25, 0.3) is 11.8 Å². The minimum Gasteiger partial charge on any atom is -0.451 e. The van der Waals surface area contributed by atoms with Crippen molar-refractivity contribution in [2.24, 2.45) is 0 Å². The maximum Gasteiger partial charge on any atom is 0.348 e. The Morgan fingerprint density at radius 1 is 1.14 bits per heavy atom. The van der Waals surface area contributed by atoms with Crippen molar-refractivity contribution in [3.63, 3.8) is 0 Å². The Morgan fingerprint density at radius 3 is 2.45 bits per heavy atom. The predicted octanol–water partition coefficient (Wildman–Crippen LogP) is 1.90. The number of hydrogen-bond donors (Lipinski definition) is 2. The second kappa shape index (κ2) is 7.37. The van der Waals surface area contributed by atoms with Crippen LogP contribution in [0.3, 0.4) is 0 Å². The molecule has 0 saturated heterocycles. The van der Waals surface area contributed by atoms with Crippen LogP contribution in [0.1, 0.15) is 20.0 Å². The zero-order chi connectivity index (χ0) is 15.9. The van der Waals surface area contributed by atoms with Crippen LogP contribution in [0.25, 0.3) is 0 Å². The first kappa shape index (κ1) is 15.7. The van der Waals surface area contributed by atoms with Gasteiger partial charge in [-0.15, -0.1) is 11.3 Å². The molecule has 1 heterocycles. The Balaban J connectivity index is 1.84. The van der Waals surface area contributed by atoms with Crippen LogP contribution in [-0.4, -0.2) is 31.4 Å². The number of thiophene rings is 1. The summed E-state index contributed by atoms with van der Waals surface area (Å²) in [5.74, 6) is -1.18. The zero-order valence-corrected chi connectivity index (χ0v) is 12.6. The summed E-state index contributed by atoms with van der Waals surface area (Å²) < 4.78 is 4.90. The molecule has 2 N–H and O–H groups in total. The average Bonchev–Trinajstić information content (AvgIpc) is 3.07. The lowest BCUT2D eigenvalue weighted by molar-refractivity contribution is -0.119. The van der Waals surface area contributed by atoms with Crippen LogP contribution >= 0.6 is 11.3 Å². The van der Waals surface area contributed by atoms with Crippen LogP contribution in [-0.2, 0) is 9.53 Å². The molecule has 1 aromatic heterocycles. The molecule has 0 aliphatic heterocycles. The molecule has 7 heteroatoms. The van der Waals surface area contributed by atoms with Gasteiger partial charge >= 0.3 is 5.97 Å². The number of amides is 2. The highest BCUT2D eigenvalue weighted by Crippen LogP contribution is 2.11. The Hall–Kier alpha value is -2.67. The molecule has 0 aliphatic rings. The zero-order valence-electron chi connectivity index (χ0n) is 11.8. The van der Waals surface area contributed by atoms with Crippen LogP contribution in [0.2, 0.25) is 0 Å². The minimum atomic E-state index is -0.528. The van der Waals surface area contributed by atoms with E-state index in [1.165, 1.54) is 11.3 Å². The molecule has 0 aliphatic carbocycles. The van der Waals surface area contributed by atoms with E-state index in [0.717, 1.165) is 0 Å². The molecule has 0 spiro atoms. The molecule has 0 unspecified atom stereocenters. The third kappa shape index (κ3) is 4.16. The molecule has 2 rings (SSSR count). The minimum absolute atomic E-state index is 0.206. The van der Waals surface area contributed by atoms with E-state index < -0.39 is 11.9 Å². The molecular formula is C15H14N2O4S. The van der Waals surface area contributed by atoms with Gasteiger partial charge in [-0.2, -0.15) is 0 Å². The van der Waals surface area contributed by atoms with Crippen molar-refractivity contribution in [1.82, 2.24) is 5.32 Å². The number of benzene rings is 1. The fourth-order valence-electron chi connectivity index (χ4n) is 1.64. The number of carbonyl (C=O) groups is 3. The van der Waals surface area contributed by atoms with Gasteiger partial charge in [0.1, 0.15) is 4.88 Å². The number of carbonyl (C=O) groups excluding carboxylic acids is 3. The highest BCUT2D eigenvalue weighted by atomic mass is 32.1. The third-order valence-electron chi connectivity index (χ3n) is 2.71. The molecule has 0 fully saturated rings. The van der Waals surface area contributed by atoms with E-state index in [9.17, 15) is 14.4 Å².